The van der Waals surface area contributed by atoms with Crippen molar-refractivity contribution in [1.29, 1.82) is 0 Å². The highest BCUT2D eigenvalue weighted by Gasteiger charge is 2.24. The third-order valence-corrected chi connectivity index (χ3v) is 4.23. The predicted octanol–water partition coefficient (Wildman–Crippen LogP) is 3.12. The summed E-state index contributed by atoms with van der Waals surface area (Å²) in [7, 11) is 1.87. The molecule has 0 aromatic heterocycles. The molecule has 128 valence electrons. The second kappa shape index (κ2) is 8.71. The maximum atomic E-state index is 12.6. The van der Waals surface area contributed by atoms with Gasteiger partial charge in [0.25, 0.3) is 5.91 Å². The fraction of sp³-hybridized carbons (Fsp3) is 0.316. The molecule has 3 rings (SSSR count). The molecule has 0 radical (unpaired) electrons. The number of halogens is 1. The Morgan fingerprint density at radius 2 is 2.00 bits per heavy atom. The second-order valence-corrected chi connectivity index (χ2v) is 5.86. The number of carbonyl (C=O) groups is 1. The van der Waals surface area contributed by atoms with Crippen LogP contribution in [0.2, 0.25) is 0 Å². The second-order valence-electron chi connectivity index (χ2n) is 5.86. The molecule has 4 nitrogen and oxygen atoms in total. The smallest absolute Gasteiger partial charge is 0.254 e. The van der Waals surface area contributed by atoms with Crippen LogP contribution >= 0.6 is 12.4 Å². The molecule has 1 fully saturated rings. The third kappa shape index (κ3) is 4.49. The highest BCUT2D eigenvalue weighted by molar-refractivity contribution is 5.94. The van der Waals surface area contributed by atoms with Gasteiger partial charge >= 0.3 is 0 Å². The van der Waals surface area contributed by atoms with Crippen LogP contribution in [-0.4, -0.2) is 37.0 Å². The fourth-order valence-electron chi connectivity index (χ4n) is 2.80. The number of benzene rings is 2. The lowest BCUT2D eigenvalue weighted by Gasteiger charge is -2.24. The molecule has 1 amide bonds. The van der Waals surface area contributed by atoms with Gasteiger partial charge in [-0.25, -0.2) is 0 Å². The molecule has 1 aliphatic heterocycles. The molecule has 0 bridgehead atoms. The number of likely N-dealkylation sites (N-methyl/N-ethyl adjacent to an activating group) is 1. The zero-order valence-corrected chi connectivity index (χ0v) is 14.6. The molecule has 2 aromatic carbocycles. The fourth-order valence-corrected chi connectivity index (χ4v) is 2.80. The molecule has 1 saturated heterocycles. The lowest BCUT2D eigenvalue weighted by Crippen LogP contribution is -2.38. The summed E-state index contributed by atoms with van der Waals surface area (Å²) in [6.45, 7) is 2.34. The Morgan fingerprint density at radius 1 is 1.21 bits per heavy atom. The van der Waals surface area contributed by atoms with Crippen molar-refractivity contribution in [2.24, 2.45) is 0 Å². The number of carbonyl (C=O) groups excluding carboxylic acids is 1. The molecule has 1 unspecified atom stereocenters. The van der Waals surface area contributed by atoms with E-state index in [1.807, 2.05) is 66.5 Å². The topological polar surface area (TPSA) is 41.6 Å². The first kappa shape index (κ1) is 18.3. The van der Waals surface area contributed by atoms with Gasteiger partial charge in [-0.1, -0.05) is 36.4 Å². The van der Waals surface area contributed by atoms with Crippen molar-refractivity contribution in [3.63, 3.8) is 0 Å². The Hall–Kier alpha value is -2.04. The summed E-state index contributed by atoms with van der Waals surface area (Å²) in [5, 5.41) is 3.29. The summed E-state index contributed by atoms with van der Waals surface area (Å²) in [6, 6.07) is 17.7. The summed E-state index contributed by atoms with van der Waals surface area (Å²) in [5.74, 6) is 0.765. The summed E-state index contributed by atoms with van der Waals surface area (Å²) < 4.78 is 5.81. The molecule has 0 saturated carbocycles. The van der Waals surface area contributed by atoms with E-state index in [0.29, 0.717) is 12.2 Å². The van der Waals surface area contributed by atoms with Crippen LogP contribution in [0.3, 0.4) is 0 Å². The van der Waals surface area contributed by atoms with E-state index in [0.717, 1.165) is 30.8 Å². The van der Waals surface area contributed by atoms with Crippen molar-refractivity contribution in [3.05, 3.63) is 65.7 Å². The average Bonchev–Trinajstić information content (AvgIpc) is 3.14. The van der Waals surface area contributed by atoms with Gasteiger partial charge in [-0.3, -0.25) is 4.79 Å². The SMILES string of the molecule is CN(C(=O)c1cccc(OCc2ccccc2)c1)C1CCNC1.Cl. The standard InChI is InChI=1S/C19H22N2O2.ClH/c1-21(17-10-11-20-13-17)19(22)16-8-5-9-18(12-16)23-14-15-6-3-2-4-7-15;/h2-9,12,17,20H,10-11,13-14H2,1H3;1H. The quantitative estimate of drug-likeness (QED) is 0.904. The number of ether oxygens (including phenoxy) is 1. The lowest BCUT2D eigenvalue weighted by atomic mass is 10.1. The molecule has 1 aliphatic rings. The predicted molar refractivity (Wildman–Crippen MR) is 97.8 cm³/mol. The van der Waals surface area contributed by atoms with Crippen LogP contribution in [0.25, 0.3) is 0 Å². The van der Waals surface area contributed by atoms with Gasteiger partial charge in [0.2, 0.25) is 0 Å². The zero-order valence-electron chi connectivity index (χ0n) is 13.8. The Balaban J connectivity index is 0.00000208. The molecule has 1 N–H and O–H groups in total. The molecular weight excluding hydrogens is 324 g/mol. The Kier molecular flexibility index (Phi) is 6.64. The van der Waals surface area contributed by atoms with E-state index in [4.69, 9.17) is 4.74 Å². The van der Waals surface area contributed by atoms with Crippen molar-refractivity contribution in [1.82, 2.24) is 10.2 Å². The Morgan fingerprint density at radius 3 is 2.71 bits per heavy atom. The van der Waals surface area contributed by atoms with Crippen LogP contribution in [0, 0.1) is 0 Å². The van der Waals surface area contributed by atoms with Crippen LogP contribution in [0.5, 0.6) is 5.75 Å². The maximum absolute atomic E-state index is 12.6. The monoisotopic (exact) mass is 346 g/mol. The number of amides is 1. The first-order valence-corrected chi connectivity index (χ1v) is 7.99. The third-order valence-electron chi connectivity index (χ3n) is 4.23. The summed E-state index contributed by atoms with van der Waals surface area (Å²) >= 11 is 0. The van der Waals surface area contributed by atoms with Crippen LogP contribution in [0.4, 0.5) is 0 Å². The van der Waals surface area contributed by atoms with Crippen LogP contribution in [0.1, 0.15) is 22.3 Å². The van der Waals surface area contributed by atoms with E-state index in [-0.39, 0.29) is 24.4 Å². The normalized spacial score (nSPS) is 16.3. The molecule has 24 heavy (non-hydrogen) atoms. The van der Waals surface area contributed by atoms with E-state index in [1.165, 1.54) is 0 Å². The molecular formula is C19H23ClN2O2. The van der Waals surface area contributed by atoms with Crippen molar-refractivity contribution >= 4 is 18.3 Å². The van der Waals surface area contributed by atoms with Gasteiger partial charge in [0.1, 0.15) is 12.4 Å². The summed E-state index contributed by atoms with van der Waals surface area (Å²) in [6.07, 6.45) is 1.01. The minimum Gasteiger partial charge on any atom is -0.489 e. The Bertz CT molecular complexity index is 657. The average molecular weight is 347 g/mol. The summed E-state index contributed by atoms with van der Waals surface area (Å²) in [4.78, 5) is 14.4. The molecule has 0 spiro atoms. The van der Waals surface area contributed by atoms with Crippen molar-refractivity contribution in [3.8, 4) is 5.75 Å². The number of nitrogens with zero attached hydrogens (tertiary/aromatic N) is 1. The molecule has 1 heterocycles. The maximum Gasteiger partial charge on any atom is 0.254 e. The van der Waals surface area contributed by atoms with Crippen molar-refractivity contribution < 1.29 is 9.53 Å². The Labute approximate surface area is 149 Å². The van der Waals surface area contributed by atoms with E-state index in [2.05, 4.69) is 5.32 Å². The van der Waals surface area contributed by atoms with Gasteiger partial charge in [-0.05, 0) is 36.7 Å². The number of nitrogens with one attached hydrogen (secondary N) is 1. The van der Waals surface area contributed by atoms with E-state index < -0.39 is 0 Å². The number of hydrogen-bond acceptors (Lipinski definition) is 3. The minimum atomic E-state index is 0. The van der Waals surface area contributed by atoms with E-state index in [9.17, 15) is 4.79 Å². The zero-order chi connectivity index (χ0) is 16.1. The largest absolute Gasteiger partial charge is 0.489 e. The van der Waals surface area contributed by atoms with Gasteiger partial charge < -0.3 is 15.0 Å². The minimum absolute atomic E-state index is 0. The number of hydrogen-bond donors (Lipinski definition) is 1. The molecule has 2 aromatic rings. The van der Waals surface area contributed by atoms with E-state index >= 15 is 0 Å². The highest BCUT2D eigenvalue weighted by atomic mass is 35.5. The molecule has 1 atom stereocenters. The van der Waals surface area contributed by atoms with Crippen LogP contribution in [-0.2, 0) is 6.61 Å². The first-order chi connectivity index (χ1) is 11.2. The van der Waals surface area contributed by atoms with Crippen LogP contribution in [0.15, 0.2) is 54.6 Å². The molecule has 5 heteroatoms. The van der Waals surface area contributed by atoms with Gasteiger partial charge in [-0.15, -0.1) is 12.4 Å². The lowest BCUT2D eigenvalue weighted by molar-refractivity contribution is 0.0743. The van der Waals surface area contributed by atoms with Crippen molar-refractivity contribution in [2.45, 2.75) is 19.1 Å². The first-order valence-electron chi connectivity index (χ1n) is 7.99. The highest BCUT2D eigenvalue weighted by Crippen LogP contribution is 2.18. The van der Waals surface area contributed by atoms with Gasteiger partial charge in [-0.2, -0.15) is 0 Å². The van der Waals surface area contributed by atoms with Gasteiger partial charge in [0.05, 0.1) is 0 Å². The van der Waals surface area contributed by atoms with Gasteiger partial charge in [0.15, 0.2) is 0 Å². The van der Waals surface area contributed by atoms with Crippen molar-refractivity contribution in [2.75, 3.05) is 20.1 Å². The summed E-state index contributed by atoms with van der Waals surface area (Å²) in [5.41, 5.74) is 1.78. The van der Waals surface area contributed by atoms with Gasteiger partial charge in [0, 0.05) is 25.2 Å². The van der Waals surface area contributed by atoms with E-state index in [1.54, 1.807) is 0 Å². The van der Waals surface area contributed by atoms with Crippen LogP contribution < -0.4 is 10.1 Å². The molecule has 0 aliphatic carbocycles. The number of rotatable bonds is 5.